The molecule has 1 N–H and O–H groups in total. The molecule has 1 fully saturated rings. The lowest BCUT2D eigenvalue weighted by atomic mass is 9.87. The summed E-state index contributed by atoms with van der Waals surface area (Å²) in [5, 5.41) is 3.76. The van der Waals surface area contributed by atoms with Crippen molar-refractivity contribution in [2.75, 3.05) is 19.6 Å². The minimum atomic E-state index is 0.624. The molecule has 0 aromatic heterocycles. The van der Waals surface area contributed by atoms with Gasteiger partial charge >= 0.3 is 0 Å². The van der Waals surface area contributed by atoms with E-state index in [4.69, 9.17) is 0 Å². The molecule has 0 spiro atoms. The summed E-state index contributed by atoms with van der Waals surface area (Å²) in [6.45, 7) is 12.7. The molecule has 0 amide bonds. The summed E-state index contributed by atoms with van der Waals surface area (Å²) in [6.07, 6.45) is 1.26. The van der Waals surface area contributed by atoms with Gasteiger partial charge in [-0.05, 0) is 44.2 Å². The Balaban J connectivity index is 2.04. The maximum atomic E-state index is 3.76. The monoisotopic (exact) mass is 274 g/mol. The van der Waals surface area contributed by atoms with E-state index in [1.54, 1.807) is 0 Å². The van der Waals surface area contributed by atoms with E-state index in [1.807, 2.05) is 0 Å². The van der Waals surface area contributed by atoms with Gasteiger partial charge in [0.15, 0.2) is 0 Å². The Morgan fingerprint density at radius 3 is 2.40 bits per heavy atom. The highest BCUT2D eigenvalue weighted by Crippen LogP contribution is 2.28. The predicted octanol–water partition coefficient (Wildman–Crippen LogP) is 3.50. The van der Waals surface area contributed by atoms with Gasteiger partial charge in [-0.2, -0.15) is 0 Å². The zero-order valence-corrected chi connectivity index (χ0v) is 13.5. The Kier molecular flexibility index (Phi) is 5.62. The summed E-state index contributed by atoms with van der Waals surface area (Å²) in [5.74, 6) is 1.39. The number of hydrogen-bond donors (Lipinski definition) is 1. The van der Waals surface area contributed by atoms with Crippen LogP contribution >= 0.6 is 0 Å². The molecule has 0 radical (unpaired) electrons. The molecule has 2 rings (SSSR count). The highest BCUT2D eigenvalue weighted by Gasteiger charge is 2.29. The van der Waals surface area contributed by atoms with Crippen LogP contribution < -0.4 is 5.32 Å². The molecule has 2 heteroatoms. The van der Waals surface area contributed by atoms with Crippen LogP contribution in [0.25, 0.3) is 0 Å². The molecule has 1 aromatic rings. The van der Waals surface area contributed by atoms with Crippen LogP contribution in [0.1, 0.15) is 45.6 Å². The van der Waals surface area contributed by atoms with Crippen molar-refractivity contribution >= 4 is 0 Å². The van der Waals surface area contributed by atoms with Crippen molar-refractivity contribution < 1.29 is 0 Å². The van der Waals surface area contributed by atoms with Gasteiger partial charge in [-0.15, -0.1) is 0 Å². The third-order valence-electron chi connectivity index (χ3n) is 4.29. The van der Waals surface area contributed by atoms with Crippen LogP contribution in [0.15, 0.2) is 30.3 Å². The zero-order valence-electron chi connectivity index (χ0n) is 13.5. The molecule has 2 unspecified atom stereocenters. The number of nitrogens with one attached hydrogen (secondary N) is 1. The fourth-order valence-electron chi connectivity index (χ4n) is 3.07. The van der Waals surface area contributed by atoms with Crippen LogP contribution in [0, 0.1) is 5.92 Å². The van der Waals surface area contributed by atoms with Crippen molar-refractivity contribution in [3.63, 3.8) is 0 Å². The quantitative estimate of drug-likeness (QED) is 0.884. The lowest BCUT2D eigenvalue weighted by Gasteiger charge is -2.41. The van der Waals surface area contributed by atoms with E-state index in [9.17, 15) is 0 Å². The van der Waals surface area contributed by atoms with E-state index in [0.29, 0.717) is 18.0 Å². The fourth-order valence-corrected chi connectivity index (χ4v) is 3.07. The number of hydrogen-bond acceptors (Lipinski definition) is 2. The van der Waals surface area contributed by atoms with Crippen molar-refractivity contribution in [3.05, 3.63) is 35.9 Å². The first kappa shape index (κ1) is 15.5. The molecule has 112 valence electrons. The predicted molar refractivity (Wildman–Crippen MR) is 87.1 cm³/mol. The Morgan fingerprint density at radius 2 is 1.80 bits per heavy atom. The van der Waals surface area contributed by atoms with E-state index < -0.39 is 0 Å². The third-order valence-corrected chi connectivity index (χ3v) is 4.29. The molecule has 20 heavy (non-hydrogen) atoms. The summed E-state index contributed by atoms with van der Waals surface area (Å²) in [4.78, 5) is 2.62. The summed E-state index contributed by atoms with van der Waals surface area (Å²) in [5.41, 5.74) is 1.49. The molecule has 2 atom stereocenters. The lowest BCUT2D eigenvalue weighted by molar-refractivity contribution is 0.136. The Morgan fingerprint density at radius 1 is 1.10 bits per heavy atom. The number of likely N-dealkylation sites (tertiary alicyclic amines) is 1. The summed E-state index contributed by atoms with van der Waals surface area (Å²) in [7, 11) is 0. The second-order valence-corrected chi connectivity index (χ2v) is 6.89. The van der Waals surface area contributed by atoms with Crippen molar-refractivity contribution in [3.8, 4) is 0 Å². The number of benzene rings is 1. The van der Waals surface area contributed by atoms with E-state index in [-0.39, 0.29) is 0 Å². The summed E-state index contributed by atoms with van der Waals surface area (Å²) >= 11 is 0. The van der Waals surface area contributed by atoms with Gasteiger partial charge in [-0.25, -0.2) is 0 Å². The molecule has 1 aliphatic heterocycles. The van der Waals surface area contributed by atoms with Crippen LogP contribution in [0.3, 0.4) is 0 Å². The van der Waals surface area contributed by atoms with E-state index in [2.05, 4.69) is 68.2 Å². The van der Waals surface area contributed by atoms with Gasteiger partial charge in [0.25, 0.3) is 0 Å². The molecule has 0 saturated carbocycles. The maximum Gasteiger partial charge on any atom is 0.0201 e. The summed E-state index contributed by atoms with van der Waals surface area (Å²) < 4.78 is 0. The minimum Gasteiger partial charge on any atom is -0.312 e. The molecule has 0 aliphatic carbocycles. The van der Waals surface area contributed by atoms with E-state index in [0.717, 1.165) is 12.5 Å². The number of rotatable bonds is 5. The second kappa shape index (κ2) is 7.24. The van der Waals surface area contributed by atoms with Gasteiger partial charge in [-0.1, -0.05) is 44.2 Å². The SMILES string of the molecule is CC(C)CNC1CC(c2ccccc2)CN(C(C)C)C1. The average Bonchev–Trinajstić information content (AvgIpc) is 2.45. The summed E-state index contributed by atoms with van der Waals surface area (Å²) in [6, 6.07) is 12.3. The molecular formula is C18H30N2. The van der Waals surface area contributed by atoms with Gasteiger partial charge < -0.3 is 5.32 Å². The van der Waals surface area contributed by atoms with Gasteiger partial charge in [0.05, 0.1) is 0 Å². The third kappa shape index (κ3) is 4.32. The molecule has 2 nitrogen and oxygen atoms in total. The number of nitrogens with zero attached hydrogens (tertiary/aromatic N) is 1. The lowest BCUT2D eigenvalue weighted by Crippen LogP contribution is -2.51. The van der Waals surface area contributed by atoms with Crippen molar-refractivity contribution in [2.45, 2.75) is 52.1 Å². The minimum absolute atomic E-state index is 0.624. The highest BCUT2D eigenvalue weighted by molar-refractivity contribution is 5.21. The Bertz CT molecular complexity index is 386. The first-order valence-electron chi connectivity index (χ1n) is 8.08. The standard InChI is InChI=1S/C18H30N2/c1-14(2)11-19-18-10-17(12-20(13-18)15(3)4)16-8-6-5-7-9-16/h5-9,14-15,17-19H,10-13H2,1-4H3. The first-order valence-corrected chi connectivity index (χ1v) is 8.08. The largest absolute Gasteiger partial charge is 0.312 e. The molecule has 1 saturated heterocycles. The van der Waals surface area contributed by atoms with Crippen LogP contribution in [0.4, 0.5) is 0 Å². The van der Waals surface area contributed by atoms with Crippen molar-refractivity contribution in [2.24, 2.45) is 5.92 Å². The van der Waals surface area contributed by atoms with Gasteiger partial charge in [0, 0.05) is 25.2 Å². The highest BCUT2D eigenvalue weighted by atomic mass is 15.2. The van der Waals surface area contributed by atoms with Crippen molar-refractivity contribution in [1.82, 2.24) is 10.2 Å². The van der Waals surface area contributed by atoms with E-state index in [1.165, 1.54) is 25.1 Å². The van der Waals surface area contributed by atoms with Gasteiger partial charge in [0.2, 0.25) is 0 Å². The first-order chi connectivity index (χ1) is 9.56. The normalized spacial score (nSPS) is 24.5. The topological polar surface area (TPSA) is 15.3 Å². The molecule has 1 aliphatic rings. The Labute approximate surface area is 124 Å². The molecule has 1 aromatic carbocycles. The Hall–Kier alpha value is -0.860. The van der Waals surface area contributed by atoms with Crippen molar-refractivity contribution in [1.29, 1.82) is 0 Å². The molecule has 1 heterocycles. The van der Waals surface area contributed by atoms with Crippen LogP contribution in [0.2, 0.25) is 0 Å². The molecule has 0 bridgehead atoms. The zero-order chi connectivity index (χ0) is 14.5. The van der Waals surface area contributed by atoms with Gasteiger partial charge in [0.1, 0.15) is 0 Å². The van der Waals surface area contributed by atoms with Crippen LogP contribution in [-0.4, -0.2) is 36.6 Å². The number of piperidine rings is 1. The van der Waals surface area contributed by atoms with E-state index >= 15 is 0 Å². The second-order valence-electron chi connectivity index (χ2n) is 6.89. The smallest absolute Gasteiger partial charge is 0.0201 e. The van der Waals surface area contributed by atoms with Crippen LogP contribution in [0.5, 0.6) is 0 Å². The molecular weight excluding hydrogens is 244 g/mol. The van der Waals surface area contributed by atoms with Crippen LogP contribution in [-0.2, 0) is 0 Å². The fraction of sp³-hybridized carbons (Fsp3) is 0.667. The average molecular weight is 274 g/mol. The van der Waals surface area contributed by atoms with Gasteiger partial charge in [-0.3, -0.25) is 4.90 Å². The maximum absolute atomic E-state index is 3.76.